The number of aliphatic hydroxyl groups excluding tert-OH is 1. The van der Waals surface area contributed by atoms with Crippen LogP contribution >= 0.6 is 0 Å². The van der Waals surface area contributed by atoms with Crippen LogP contribution in [0.1, 0.15) is 37.3 Å². The molecule has 2 atom stereocenters. The predicted octanol–water partition coefficient (Wildman–Crippen LogP) is 1.58. The van der Waals surface area contributed by atoms with Crippen LogP contribution in [0, 0.1) is 12.8 Å². The number of rotatable bonds is 5. The molecule has 0 bridgehead atoms. The molecule has 2 N–H and O–H groups in total. The second-order valence-corrected chi connectivity index (χ2v) is 8.58. The molecule has 1 fully saturated rings. The van der Waals surface area contributed by atoms with Crippen LogP contribution in [0.2, 0.25) is 0 Å². The quantitative estimate of drug-likeness (QED) is 0.814. The lowest BCUT2D eigenvalue weighted by Gasteiger charge is -2.33. The first-order valence-electron chi connectivity index (χ1n) is 8.19. The highest BCUT2D eigenvalue weighted by Crippen LogP contribution is 2.34. The number of aliphatic carboxylic acids is 1. The van der Waals surface area contributed by atoms with Gasteiger partial charge in [-0.2, -0.15) is 4.31 Å². The summed E-state index contributed by atoms with van der Waals surface area (Å²) in [5.74, 6) is -1.97. The average Bonchev–Trinajstić information content (AvgIpc) is 2.53. The number of ether oxygens (including phenoxy) is 1. The van der Waals surface area contributed by atoms with Crippen molar-refractivity contribution in [3.05, 3.63) is 23.3 Å². The Balaban J connectivity index is 2.49. The smallest absolute Gasteiger partial charge is 0.310 e. The first-order valence-corrected chi connectivity index (χ1v) is 9.63. The Morgan fingerprint density at radius 3 is 2.52 bits per heavy atom. The van der Waals surface area contributed by atoms with E-state index in [2.05, 4.69) is 0 Å². The third-order valence-electron chi connectivity index (χ3n) is 4.65. The van der Waals surface area contributed by atoms with E-state index in [0.717, 1.165) is 15.4 Å². The number of aliphatic hydroxyl groups is 1. The van der Waals surface area contributed by atoms with Crippen LogP contribution in [0.4, 0.5) is 0 Å². The van der Waals surface area contributed by atoms with Crippen molar-refractivity contribution in [1.82, 2.24) is 4.31 Å². The highest BCUT2D eigenvalue weighted by Gasteiger charge is 2.39. The number of nitrogens with zero attached hydrogens (tertiary/aromatic N) is 1. The monoisotopic (exact) mass is 371 g/mol. The van der Waals surface area contributed by atoms with E-state index >= 15 is 0 Å². The van der Waals surface area contributed by atoms with Gasteiger partial charge in [0.1, 0.15) is 10.6 Å². The number of piperidine rings is 1. The molecular weight excluding hydrogens is 346 g/mol. The van der Waals surface area contributed by atoms with Gasteiger partial charge >= 0.3 is 5.97 Å². The largest absolute Gasteiger partial charge is 0.495 e. The van der Waals surface area contributed by atoms with Gasteiger partial charge in [0, 0.05) is 13.1 Å². The van der Waals surface area contributed by atoms with Gasteiger partial charge < -0.3 is 14.9 Å². The van der Waals surface area contributed by atoms with Crippen molar-refractivity contribution in [3.63, 3.8) is 0 Å². The normalized spacial score (nSPS) is 22.2. The van der Waals surface area contributed by atoms with Gasteiger partial charge in [-0.3, -0.25) is 4.79 Å². The molecule has 8 heteroatoms. The number of sulfonamides is 1. The lowest BCUT2D eigenvalue weighted by Crippen LogP contribution is -2.48. The number of aryl methyl sites for hydroxylation is 1. The summed E-state index contributed by atoms with van der Waals surface area (Å²) in [5.41, 5.74) is 1.83. The predicted molar refractivity (Wildman–Crippen MR) is 92.3 cm³/mol. The number of hydrogen-bond acceptors (Lipinski definition) is 5. The van der Waals surface area contributed by atoms with Crippen LogP contribution in [0.3, 0.4) is 0 Å². The van der Waals surface area contributed by atoms with Crippen molar-refractivity contribution in [2.24, 2.45) is 5.92 Å². The molecule has 1 saturated heterocycles. The molecule has 0 amide bonds. The minimum absolute atomic E-state index is 0.0322. The van der Waals surface area contributed by atoms with Crippen molar-refractivity contribution in [2.75, 3.05) is 20.2 Å². The minimum atomic E-state index is -3.93. The van der Waals surface area contributed by atoms with E-state index in [9.17, 15) is 23.4 Å². The summed E-state index contributed by atoms with van der Waals surface area (Å²) in [6.45, 7) is 5.66. The number of benzene rings is 1. The summed E-state index contributed by atoms with van der Waals surface area (Å²) in [6.07, 6.45) is -0.961. The van der Waals surface area contributed by atoms with E-state index in [1.165, 1.54) is 7.11 Å². The van der Waals surface area contributed by atoms with Crippen molar-refractivity contribution in [2.45, 2.75) is 44.1 Å². The molecule has 1 aliphatic rings. The van der Waals surface area contributed by atoms with Gasteiger partial charge in [0.15, 0.2) is 0 Å². The topological polar surface area (TPSA) is 104 Å². The highest BCUT2D eigenvalue weighted by atomic mass is 32.2. The maximum Gasteiger partial charge on any atom is 0.310 e. The molecule has 0 radical (unpaired) electrons. The zero-order chi connectivity index (χ0) is 18.9. The van der Waals surface area contributed by atoms with Gasteiger partial charge in [-0.05, 0) is 42.5 Å². The van der Waals surface area contributed by atoms with E-state index in [4.69, 9.17) is 4.74 Å². The number of hydrogen-bond donors (Lipinski definition) is 2. The summed E-state index contributed by atoms with van der Waals surface area (Å²) in [4.78, 5) is 11.3. The van der Waals surface area contributed by atoms with Gasteiger partial charge in [-0.25, -0.2) is 8.42 Å². The van der Waals surface area contributed by atoms with Gasteiger partial charge in [-0.1, -0.05) is 13.8 Å². The third kappa shape index (κ3) is 3.80. The fourth-order valence-electron chi connectivity index (χ4n) is 3.17. The third-order valence-corrected chi connectivity index (χ3v) is 6.53. The molecule has 7 nitrogen and oxygen atoms in total. The van der Waals surface area contributed by atoms with E-state index in [-0.39, 0.29) is 36.1 Å². The van der Waals surface area contributed by atoms with Gasteiger partial charge in [0.2, 0.25) is 10.0 Å². The molecule has 1 aliphatic heterocycles. The van der Waals surface area contributed by atoms with Crippen molar-refractivity contribution in [1.29, 1.82) is 0 Å². The van der Waals surface area contributed by atoms with E-state index < -0.39 is 28.0 Å². The summed E-state index contributed by atoms with van der Waals surface area (Å²) < 4.78 is 32.6. The fourth-order valence-corrected chi connectivity index (χ4v) is 4.82. The lowest BCUT2D eigenvalue weighted by atomic mass is 9.96. The summed E-state index contributed by atoms with van der Waals surface area (Å²) in [5, 5.41) is 19.0. The van der Waals surface area contributed by atoms with E-state index in [1.54, 1.807) is 12.1 Å². The zero-order valence-corrected chi connectivity index (χ0v) is 15.7. The molecule has 1 heterocycles. The van der Waals surface area contributed by atoms with Crippen LogP contribution in [0.5, 0.6) is 5.75 Å². The van der Waals surface area contributed by atoms with Crippen LogP contribution < -0.4 is 4.74 Å². The Bertz CT molecular complexity index is 759. The van der Waals surface area contributed by atoms with Crippen LogP contribution in [0.25, 0.3) is 0 Å². The maximum atomic E-state index is 13.1. The standard InChI is InChI=1S/C17H25NO6S/c1-10(2)12-8-16(15(24-4)7-11(12)3)25(22,23)18-6-5-14(19)13(9-18)17(20)21/h7-8,10,13-14,19H,5-6,9H2,1-4H3,(H,20,21)/t13-,14-/m0/s1. The second kappa shape index (κ2) is 7.31. The molecule has 0 aliphatic carbocycles. The van der Waals surface area contributed by atoms with Gasteiger partial charge in [0.05, 0.1) is 19.1 Å². The van der Waals surface area contributed by atoms with Crippen LogP contribution in [-0.2, 0) is 14.8 Å². The highest BCUT2D eigenvalue weighted by molar-refractivity contribution is 7.89. The molecule has 1 aromatic rings. The van der Waals surface area contributed by atoms with E-state index in [1.807, 2.05) is 20.8 Å². The summed E-state index contributed by atoms with van der Waals surface area (Å²) >= 11 is 0. The summed E-state index contributed by atoms with van der Waals surface area (Å²) in [7, 11) is -2.53. The Kier molecular flexibility index (Phi) is 5.75. The molecule has 140 valence electrons. The molecular formula is C17H25NO6S. The van der Waals surface area contributed by atoms with Gasteiger partial charge in [0.25, 0.3) is 0 Å². The Hall–Kier alpha value is -1.64. The zero-order valence-electron chi connectivity index (χ0n) is 14.9. The SMILES string of the molecule is COc1cc(C)c(C(C)C)cc1S(=O)(=O)N1CC[C@H](O)[C@@H](C(=O)O)C1. The average molecular weight is 371 g/mol. The molecule has 0 aromatic heterocycles. The molecule has 0 spiro atoms. The van der Waals surface area contributed by atoms with E-state index in [0.29, 0.717) is 0 Å². The second-order valence-electron chi connectivity index (χ2n) is 6.68. The Morgan fingerprint density at radius 2 is 2.00 bits per heavy atom. The number of methoxy groups -OCH3 is 1. The number of carbonyl (C=O) groups is 1. The molecule has 0 unspecified atom stereocenters. The van der Waals surface area contributed by atoms with Gasteiger partial charge in [-0.15, -0.1) is 0 Å². The Labute approximate surface area is 148 Å². The minimum Gasteiger partial charge on any atom is -0.495 e. The molecule has 25 heavy (non-hydrogen) atoms. The van der Waals surface area contributed by atoms with Crippen LogP contribution in [-0.4, -0.2) is 55.2 Å². The first kappa shape index (κ1) is 19.7. The maximum absolute atomic E-state index is 13.1. The molecule has 1 aromatic carbocycles. The van der Waals surface area contributed by atoms with Crippen LogP contribution in [0.15, 0.2) is 17.0 Å². The first-order chi connectivity index (χ1) is 11.6. The molecule has 0 saturated carbocycles. The molecule has 2 rings (SSSR count). The Morgan fingerprint density at radius 1 is 1.36 bits per heavy atom. The number of carboxylic acids is 1. The van der Waals surface area contributed by atoms with Crippen molar-refractivity contribution in [3.8, 4) is 5.75 Å². The fraction of sp³-hybridized carbons (Fsp3) is 0.588. The van der Waals surface area contributed by atoms with Crippen molar-refractivity contribution < 1.29 is 28.2 Å². The lowest BCUT2D eigenvalue weighted by molar-refractivity contribution is -0.147. The summed E-state index contributed by atoms with van der Waals surface area (Å²) in [6, 6.07) is 3.30. The number of carboxylic acid groups (broad SMARTS) is 1. The van der Waals surface area contributed by atoms with Crippen molar-refractivity contribution >= 4 is 16.0 Å².